The minimum Gasteiger partial charge on any atom is -0.478 e. The Labute approximate surface area is 155 Å². The first kappa shape index (κ1) is 22.2. The molecule has 0 aromatic carbocycles. The van der Waals surface area contributed by atoms with Gasteiger partial charge < -0.3 is 40.8 Å². The lowest BCUT2D eigenvalue weighted by molar-refractivity contribution is -0.172. The van der Waals surface area contributed by atoms with Crippen LogP contribution >= 0.6 is 0 Å². The van der Waals surface area contributed by atoms with Crippen molar-refractivity contribution in [1.29, 1.82) is 5.41 Å². The van der Waals surface area contributed by atoms with Crippen molar-refractivity contribution in [1.82, 2.24) is 10.6 Å². The van der Waals surface area contributed by atoms with Gasteiger partial charge in [-0.05, 0) is 6.08 Å². The maximum Gasteiger partial charge on any atom is 0.370 e. The molecule has 27 heavy (non-hydrogen) atoms. The molecule has 0 aromatic heterocycles. The van der Waals surface area contributed by atoms with Crippen molar-refractivity contribution in [2.75, 3.05) is 13.7 Å². The Kier molecular flexibility index (Phi) is 7.99. The normalized spacial score (nSPS) is 23.9. The van der Waals surface area contributed by atoms with Crippen LogP contribution in [0.2, 0.25) is 0 Å². The van der Waals surface area contributed by atoms with Crippen LogP contribution in [-0.2, 0) is 28.6 Å². The van der Waals surface area contributed by atoms with Crippen molar-refractivity contribution >= 4 is 23.8 Å². The van der Waals surface area contributed by atoms with Crippen LogP contribution in [0.15, 0.2) is 11.8 Å². The number of aliphatic hydroxyl groups is 1. The molecule has 0 saturated carbocycles. The molecule has 0 spiro atoms. The van der Waals surface area contributed by atoms with E-state index in [9.17, 15) is 24.6 Å². The number of methoxy groups -OCH3 is 1. The van der Waals surface area contributed by atoms with Gasteiger partial charge in [-0.25, -0.2) is 4.79 Å². The molecular weight excluding hydrogens is 364 g/mol. The fraction of sp³-hybridized carbons (Fsp3) is 0.600. The summed E-state index contributed by atoms with van der Waals surface area (Å²) in [5.41, 5.74) is 5.35. The van der Waals surface area contributed by atoms with E-state index in [0.29, 0.717) is 0 Å². The van der Waals surface area contributed by atoms with Crippen molar-refractivity contribution in [3.05, 3.63) is 11.8 Å². The maximum absolute atomic E-state index is 11.6. The number of nitrogens with two attached hydrogens (primary N) is 1. The summed E-state index contributed by atoms with van der Waals surface area (Å²) < 4.78 is 15.8. The molecule has 7 N–H and O–H groups in total. The first-order valence-corrected chi connectivity index (χ1v) is 7.91. The van der Waals surface area contributed by atoms with Crippen molar-refractivity contribution in [3.8, 4) is 0 Å². The summed E-state index contributed by atoms with van der Waals surface area (Å²) in [4.78, 5) is 34.4. The zero-order valence-electron chi connectivity index (χ0n) is 15.1. The van der Waals surface area contributed by atoms with Crippen molar-refractivity contribution < 1.29 is 38.8 Å². The predicted molar refractivity (Wildman–Crippen MR) is 90.5 cm³/mol. The van der Waals surface area contributed by atoms with Crippen LogP contribution in [0.3, 0.4) is 0 Å². The highest BCUT2D eigenvalue weighted by Crippen LogP contribution is 2.25. The molecule has 3 unspecified atom stereocenters. The molecule has 0 fully saturated rings. The molecule has 12 nitrogen and oxygen atoms in total. The van der Waals surface area contributed by atoms with Crippen LogP contribution in [0.4, 0.5) is 0 Å². The number of esters is 1. The van der Waals surface area contributed by atoms with Gasteiger partial charge in [0.1, 0.15) is 6.10 Å². The second kappa shape index (κ2) is 9.73. The second-order valence-electron chi connectivity index (χ2n) is 5.76. The molecule has 5 atom stereocenters. The number of amides is 1. The van der Waals surface area contributed by atoms with Gasteiger partial charge in [0.15, 0.2) is 18.2 Å². The van der Waals surface area contributed by atoms with E-state index in [2.05, 4.69) is 10.6 Å². The summed E-state index contributed by atoms with van der Waals surface area (Å²) in [6, 6.07) is -1.89. The van der Waals surface area contributed by atoms with Gasteiger partial charge in [0.05, 0.1) is 18.7 Å². The molecule has 1 aliphatic rings. The summed E-state index contributed by atoms with van der Waals surface area (Å²) in [6.45, 7) is 1.72. The minimum absolute atomic E-state index is 0.468. The Hall–Kier alpha value is -2.86. The smallest absolute Gasteiger partial charge is 0.370 e. The van der Waals surface area contributed by atoms with Crippen molar-refractivity contribution in [2.24, 2.45) is 5.73 Å². The summed E-state index contributed by atoms with van der Waals surface area (Å²) in [5, 5.41) is 31.4. The first-order valence-electron chi connectivity index (χ1n) is 7.91. The third kappa shape index (κ3) is 6.11. The van der Waals surface area contributed by atoms with E-state index in [1.807, 2.05) is 0 Å². The Morgan fingerprint density at radius 1 is 1.37 bits per heavy atom. The standard InChI is InChI=1S/C15H24N4O8/c1-6(21)18-11-8(19-15(16)17)4-9(14(23)24)27-13(11)12(25-3)10(5-20)26-7(2)22/h4,8,10-13,20H,5H2,1-3H3,(H,18,21)(H,23,24)(H4,16,17,19)/t8?,10-,11?,12-,13?/m1/s1. The number of aliphatic hydroxyl groups excluding tert-OH is 1. The summed E-state index contributed by atoms with van der Waals surface area (Å²) in [5.74, 6) is -3.53. The van der Waals surface area contributed by atoms with E-state index in [1.165, 1.54) is 14.0 Å². The number of rotatable bonds is 8. The maximum atomic E-state index is 11.6. The highest BCUT2D eigenvalue weighted by atomic mass is 16.6. The number of nitrogens with one attached hydrogen (secondary N) is 3. The third-order valence-electron chi connectivity index (χ3n) is 3.70. The van der Waals surface area contributed by atoms with Gasteiger partial charge in [-0.2, -0.15) is 0 Å². The molecule has 0 bridgehead atoms. The fourth-order valence-corrected chi connectivity index (χ4v) is 2.76. The van der Waals surface area contributed by atoms with Gasteiger partial charge in [-0.1, -0.05) is 0 Å². The molecule has 1 heterocycles. The fourth-order valence-electron chi connectivity index (χ4n) is 2.76. The van der Waals surface area contributed by atoms with Gasteiger partial charge in [0.25, 0.3) is 0 Å². The molecule has 1 aliphatic heterocycles. The third-order valence-corrected chi connectivity index (χ3v) is 3.70. The Morgan fingerprint density at radius 3 is 2.41 bits per heavy atom. The lowest BCUT2D eigenvalue weighted by Gasteiger charge is -2.41. The van der Waals surface area contributed by atoms with Gasteiger partial charge in [-0.15, -0.1) is 0 Å². The number of aliphatic carboxylic acids is 1. The number of carbonyl (C=O) groups is 3. The number of hydrogen-bond acceptors (Lipinski definition) is 8. The molecule has 0 radical (unpaired) electrons. The molecule has 12 heteroatoms. The molecule has 1 rings (SSSR count). The molecule has 0 aliphatic carbocycles. The zero-order chi connectivity index (χ0) is 20.7. The van der Waals surface area contributed by atoms with E-state index in [4.69, 9.17) is 25.4 Å². The second-order valence-corrected chi connectivity index (χ2v) is 5.76. The Balaban J connectivity index is 3.36. The summed E-state index contributed by atoms with van der Waals surface area (Å²) in [7, 11) is 1.25. The minimum atomic E-state index is -1.40. The number of carbonyl (C=O) groups excluding carboxylic acids is 2. The quantitative estimate of drug-likeness (QED) is 0.149. The molecular formula is C15H24N4O8. The SMILES string of the molecule is CO[C@@H](C1OC(C(=O)O)=CC(NC(=N)N)C1NC(C)=O)[C@@H](CO)OC(C)=O. The van der Waals surface area contributed by atoms with Gasteiger partial charge in [0.2, 0.25) is 11.7 Å². The lowest BCUT2D eigenvalue weighted by atomic mass is 9.91. The van der Waals surface area contributed by atoms with Crippen LogP contribution in [0.25, 0.3) is 0 Å². The van der Waals surface area contributed by atoms with Crippen LogP contribution in [0.1, 0.15) is 13.8 Å². The zero-order valence-corrected chi connectivity index (χ0v) is 15.1. The Bertz CT molecular complexity index is 623. The van der Waals surface area contributed by atoms with E-state index >= 15 is 0 Å². The number of guanidine groups is 1. The van der Waals surface area contributed by atoms with Gasteiger partial charge >= 0.3 is 11.9 Å². The number of carboxylic acids is 1. The van der Waals surface area contributed by atoms with E-state index in [0.717, 1.165) is 13.0 Å². The molecule has 0 saturated heterocycles. The van der Waals surface area contributed by atoms with Crippen molar-refractivity contribution in [3.63, 3.8) is 0 Å². The van der Waals surface area contributed by atoms with Crippen LogP contribution in [0.5, 0.6) is 0 Å². The van der Waals surface area contributed by atoms with E-state index in [-0.39, 0.29) is 0 Å². The highest BCUT2D eigenvalue weighted by Gasteiger charge is 2.45. The predicted octanol–water partition coefficient (Wildman–Crippen LogP) is -2.35. The van der Waals surface area contributed by atoms with Gasteiger partial charge in [0, 0.05) is 21.0 Å². The van der Waals surface area contributed by atoms with E-state index < -0.39 is 66.6 Å². The first-order chi connectivity index (χ1) is 12.6. The summed E-state index contributed by atoms with van der Waals surface area (Å²) in [6.07, 6.45) is -2.38. The highest BCUT2D eigenvalue weighted by molar-refractivity contribution is 5.85. The lowest BCUT2D eigenvalue weighted by Crippen LogP contribution is -2.64. The largest absolute Gasteiger partial charge is 0.478 e. The van der Waals surface area contributed by atoms with E-state index in [1.54, 1.807) is 0 Å². The van der Waals surface area contributed by atoms with Crippen LogP contribution < -0.4 is 16.4 Å². The molecule has 152 valence electrons. The topological polar surface area (TPSA) is 193 Å². The number of hydrogen-bond donors (Lipinski definition) is 6. The average molecular weight is 388 g/mol. The van der Waals surface area contributed by atoms with Crippen LogP contribution in [0, 0.1) is 5.41 Å². The van der Waals surface area contributed by atoms with Crippen molar-refractivity contribution in [2.45, 2.75) is 44.2 Å². The monoisotopic (exact) mass is 388 g/mol. The average Bonchev–Trinajstić information content (AvgIpc) is 2.55. The number of ether oxygens (including phenoxy) is 3. The number of carboxylic acid groups (broad SMARTS) is 1. The molecule has 0 aromatic rings. The van der Waals surface area contributed by atoms with Crippen LogP contribution in [-0.4, -0.2) is 78.1 Å². The summed E-state index contributed by atoms with van der Waals surface area (Å²) >= 11 is 0. The Morgan fingerprint density at radius 2 is 2.00 bits per heavy atom. The molecule has 1 amide bonds. The van der Waals surface area contributed by atoms with Gasteiger partial charge in [-0.3, -0.25) is 15.0 Å².